The summed E-state index contributed by atoms with van der Waals surface area (Å²) in [6.45, 7) is 7.58. The third kappa shape index (κ3) is 6.66. The molecule has 0 amide bonds. The van der Waals surface area contributed by atoms with Crippen LogP contribution in [0.25, 0.3) is 0 Å². The number of halogens is 3. The highest BCUT2D eigenvalue weighted by Gasteiger charge is 2.42. The summed E-state index contributed by atoms with van der Waals surface area (Å²) in [6.07, 6.45) is -1.74. The summed E-state index contributed by atoms with van der Waals surface area (Å²) in [4.78, 5) is 17.8. The Labute approximate surface area is 222 Å². The van der Waals surface area contributed by atoms with Crippen LogP contribution in [-0.4, -0.2) is 37.6 Å². The van der Waals surface area contributed by atoms with Gasteiger partial charge in [-0.25, -0.2) is 8.42 Å². The van der Waals surface area contributed by atoms with E-state index in [4.69, 9.17) is 0 Å². The molecule has 204 valence electrons. The van der Waals surface area contributed by atoms with Crippen molar-refractivity contribution in [2.75, 3.05) is 12.3 Å². The van der Waals surface area contributed by atoms with Crippen molar-refractivity contribution in [3.63, 3.8) is 0 Å². The van der Waals surface area contributed by atoms with Gasteiger partial charge in [-0.2, -0.15) is 13.2 Å². The van der Waals surface area contributed by atoms with Crippen molar-refractivity contribution in [1.29, 1.82) is 0 Å². The first-order valence-electron chi connectivity index (χ1n) is 13.1. The fourth-order valence-electron chi connectivity index (χ4n) is 5.82. The molecular weight excluding hydrogens is 519 g/mol. The number of carbonyl (C=O) groups excluding carboxylic acids is 1. The molecule has 1 saturated carbocycles. The molecule has 2 aromatic rings. The highest BCUT2D eigenvalue weighted by molar-refractivity contribution is 7.91. The van der Waals surface area contributed by atoms with E-state index in [2.05, 4.69) is 24.8 Å². The van der Waals surface area contributed by atoms with Crippen LogP contribution in [0.2, 0.25) is 0 Å². The molecule has 4 rings (SSSR count). The number of hydrogen-bond donors (Lipinski definition) is 0. The summed E-state index contributed by atoms with van der Waals surface area (Å²) < 4.78 is 63.1. The molecule has 1 aromatic heterocycles. The van der Waals surface area contributed by atoms with Crippen LogP contribution in [0.5, 0.6) is 0 Å². The van der Waals surface area contributed by atoms with Gasteiger partial charge in [0.2, 0.25) is 0 Å². The summed E-state index contributed by atoms with van der Waals surface area (Å²) in [5.74, 6) is -0.346. The van der Waals surface area contributed by atoms with Crippen LogP contribution in [0.15, 0.2) is 35.2 Å². The molecular formula is C28H36F3NO3S2. The SMILES string of the molecule is CCS(=O)(=O)c1ccc(CC(=O)Cc2cc3c(s2)[C@H](C(C)C)N(CC2CCC(C(F)(F)F)CC2)C3)cc1. The van der Waals surface area contributed by atoms with E-state index in [1.165, 1.54) is 10.4 Å². The van der Waals surface area contributed by atoms with Gasteiger partial charge in [0.25, 0.3) is 0 Å². The van der Waals surface area contributed by atoms with E-state index in [0.717, 1.165) is 23.5 Å². The summed E-state index contributed by atoms with van der Waals surface area (Å²) in [7, 11) is -3.26. The predicted molar refractivity (Wildman–Crippen MR) is 140 cm³/mol. The Bertz CT molecular complexity index is 1190. The van der Waals surface area contributed by atoms with Gasteiger partial charge in [0.15, 0.2) is 9.84 Å². The molecule has 1 atom stereocenters. The first-order valence-corrected chi connectivity index (χ1v) is 15.6. The van der Waals surface area contributed by atoms with E-state index < -0.39 is 21.9 Å². The Balaban J connectivity index is 1.35. The maximum atomic E-state index is 13.0. The number of nitrogens with zero attached hydrogens (tertiary/aromatic N) is 1. The van der Waals surface area contributed by atoms with Crippen molar-refractivity contribution in [2.24, 2.45) is 17.8 Å². The zero-order chi connectivity index (χ0) is 27.0. The Morgan fingerprint density at radius 1 is 1.08 bits per heavy atom. The van der Waals surface area contributed by atoms with Crippen LogP contribution in [0.1, 0.15) is 73.4 Å². The second-order valence-corrected chi connectivity index (χ2v) is 14.4. The topological polar surface area (TPSA) is 54.5 Å². The highest BCUT2D eigenvalue weighted by Crippen LogP contribution is 2.46. The van der Waals surface area contributed by atoms with E-state index in [9.17, 15) is 26.4 Å². The summed E-state index contributed by atoms with van der Waals surface area (Å²) >= 11 is 1.69. The Hall–Kier alpha value is -1.71. The smallest absolute Gasteiger partial charge is 0.299 e. The fraction of sp³-hybridized carbons (Fsp3) is 0.607. The normalized spacial score (nSPS) is 22.9. The molecule has 0 bridgehead atoms. The molecule has 1 fully saturated rings. The number of rotatable bonds is 9. The quantitative estimate of drug-likeness (QED) is 0.342. The first-order chi connectivity index (χ1) is 17.4. The average Bonchev–Trinajstić information content (AvgIpc) is 3.35. The first kappa shape index (κ1) is 28.3. The number of carbonyl (C=O) groups is 1. The third-order valence-electron chi connectivity index (χ3n) is 7.80. The number of Topliss-reactive ketones (excluding diaryl/α,β-unsaturated/α-hetero) is 1. The number of sulfone groups is 1. The maximum Gasteiger partial charge on any atom is 0.391 e. The van der Waals surface area contributed by atoms with Crippen molar-refractivity contribution >= 4 is 27.0 Å². The lowest BCUT2D eigenvalue weighted by Crippen LogP contribution is -2.35. The lowest BCUT2D eigenvalue weighted by molar-refractivity contribution is -0.184. The summed E-state index contributed by atoms with van der Waals surface area (Å²) in [5, 5.41) is 0. The number of thiophene rings is 1. The maximum absolute atomic E-state index is 13.0. The summed E-state index contributed by atoms with van der Waals surface area (Å²) in [5.41, 5.74) is 2.04. The molecule has 2 heterocycles. The van der Waals surface area contributed by atoms with Gasteiger partial charge in [-0.3, -0.25) is 9.69 Å². The number of fused-ring (bicyclic) bond motifs is 1. The van der Waals surface area contributed by atoms with Crippen molar-refractivity contribution in [3.8, 4) is 0 Å². The highest BCUT2D eigenvalue weighted by atomic mass is 32.2. The van der Waals surface area contributed by atoms with Crippen LogP contribution in [-0.2, 0) is 34.0 Å². The second-order valence-electron chi connectivity index (χ2n) is 10.9. The van der Waals surface area contributed by atoms with Crippen LogP contribution in [0.3, 0.4) is 0 Å². The minimum atomic E-state index is -4.07. The largest absolute Gasteiger partial charge is 0.391 e. The lowest BCUT2D eigenvalue weighted by atomic mass is 9.81. The van der Waals surface area contributed by atoms with Gasteiger partial charge in [0.05, 0.1) is 16.6 Å². The minimum Gasteiger partial charge on any atom is -0.299 e. The summed E-state index contributed by atoms with van der Waals surface area (Å²) in [6, 6.07) is 8.92. The molecule has 0 saturated heterocycles. The number of benzene rings is 1. The van der Waals surface area contributed by atoms with Gasteiger partial charge < -0.3 is 0 Å². The molecule has 2 aliphatic rings. The number of hydrogen-bond acceptors (Lipinski definition) is 5. The molecule has 9 heteroatoms. The standard InChI is InChI=1S/C28H36F3NO3S2/c1-4-37(34,35)25-11-7-19(8-12-25)13-23(33)15-24-14-21-17-32(26(18(2)3)27(21)36-24)16-20-5-9-22(10-6-20)28(29,30)31/h7-8,11-12,14,18,20,22,26H,4-6,9-10,13,15-17H2,1-3H3/t20?,22?,26-/m0/s1. The van der Waals surface area contributed by atoms with Crippen molar-refractivity contribution in [3.05, 3.63) is 51.2 Å². The molecule has 1 aliphatic heterocycles. The van der Waals surface area contributed by atoms with Gasteiger partial charge in [-0.15, -0.1) is 11.3 Å². The minimum absolute atomic E-state index is 0.0440. The predicted octanol–water partition coefficient (Wildman–Crippen LogP) is 6.78. The van der Waals surface area contributed by atoms with Gasteiger partial charge in [0.1, 0.15) is 5.78 Å². The van der Waals surface area contributed by atoms with Gasteiger partial charge in [-0.1, -0.05) is 32.9 Å². The van der Waals surface area contributed by atoms with E-state index in [1.807, 2.05) is 0 Å². The zero-order valence-electron chi connectivity index (χ0n) is 21.7. The van der Waals surface area contributed by atoms with Gasteiger partial charge >= 0.3 is 6.18 Å². The molecule has 1 aliphatic carbocycles. The van der Waals surface area contributed by atoms with E-state index in [1.54, 1.807) is 42.5 Å². The van der Waals surface area contributed by atoms with Crippen LogP contribution in [0.4, 0.5) is 13.2 Å². The molecule has 0 radical (unpaired) electrons. The Morgan fingerprint density at radius 2 is 1.73 bits per heavy atom. The van der Waals surface area contributed by atoms with E-state index in [-0.39, 0.29) is 41.7 Å². The number of ketones is 1. The van der Waals surface area contributed by atoms with Crippen molar-refractivity contribution in [1.82, 2.24) is 4.90 Å². The molecule has 37 heavy (non-hydrogen) atoms. The molecule has 4 nitrogen and oxygen atoms in total. The monoisotopic (exact) mass is 555 g/mol. The molecule has 0 spiro atoms. The van der Waals surface area contributed by atoms with Crippen molar-refractivity contribution < 1.29 is 26.4 Å². The Kier molecular flexibility index (Phi) is 8.56. The average molecular weight is 556 g/mol. The van der Waals surface area contributed by atoms with Crippen LogP contribution in [0, 0.1) is 17.8 Å². The Morgan fingerprint density at radius 3 is 2.30 bits per heavy atom. The molecule has 1 aromatic carbocycles. The van der Waals surface area contributed by atoms with Crippen LogP contribution >= 0.6 is 11.3 Å². The van der Waals surface area contributed by atoms with E-state index in [0.29, 0.717) is 31.1 Å². The zero-order valence-corrected chi connectivity index (χ0v) is 23.3. The fourth-order valence-corrected chi connectivity index (χ4v) is 8.22. The molecule has 0 N–H and O–H groups in total. The second kappa shape index (κ2) is 11.2. The van der Waals surface area contributed by atoms with Gasteiger partial charge in [-0.05, 0) is 66.8 Å². The number of alkyl halides is 3. The van der Waals surface area contributed by atoms with Crippen LogP contribution < -0.4 is 0 Å². The lowest BCUT2D eigenvalue weighted by Gasteiger charge is -2.35. The van der Waals surface area contributed by atoms with E-state index >= 15 is 0 Å². The molecule has 0 unspecified atom stereocenters. The van der Waals surface area contributed by atoms with Crippen molar-refractivity contribution in [2.45, 2.75) is 83.0 Å². The third-order valence-corrected chi connectivity index (χ3v) is 10.8. The van der Waals surface area contributed by atoms with Gasteiger partial charge in [0, 0.05) is 41.7 Å².